The molecule has 2 rings (SSSR count). The zero-order valence-corrected chi connectivity index (χ0v) is 18.1. The van der Waals surface area contributed by atoms with Crippen molar-refractivity contribution in [1.82, 2.24) is 15.5 Å². The van der Waals surface area contributed by atoms with Crippen molar-refractivity contribution in [3.63, 3.8) is 0 Å². The monoisotopic (exact) mass is 460 g/mol. The maximum absolute atomic E-state index is 5.38. The molecule has 0 bridgehead atoms. The van der Waals surface area contributed by atoms with Gasteiger partial charge in [0.05, 0.1) is 7.11 Å². The van der Waals surface area contributed by atoms with Gasteiger partial charge in [0.25, 0.3) is 0 Å². The van der Waals surface area contributed by atoms with Gasteiger partial charge in [0.1, 0.15) is 5.75 Å². The van der Waals surface area contributed by atoms with E-state index in [4.69, 9.17) is 4.74 Å². The minimum atomic E-state index is 0. The fraction of sp³-hybridized carbons (Fsp3) is 0.632. The van der Waals surface area contributed by atoms with Gasteiger partial charge in [-0.25, -0.2) is 0 Å². The van der Waals surface area contributed by atoms with Crippen LogP contribution in [-0.4, -0.2) is 57.7 Å². The number of hydrogen-bond donors (Lipinski definition) is 2. The van der Waals surface area contributed by atoms with Crippen LogP contribution >= 0.6 is 24.0 Å². The number of guanidine groups is 1. The van der Waals surface area contributed by atoms with Crippen LogP contribution in [0.3, 0.4) is 0 Å². The molecule has 1 aliphatic rings. The number of likely N-dealkylation sites (tertiary alicyclic amines) is 1. The van der Waals surface area contributed by atoms with Crippen molar-refractivity contribution in [2.45, 2.75) is 32.6 Å². The lowest BCUT2D eigenvalue weighted by Crippen LogP contribution is -2.39. The Morgan fingerprint density at radius 3 is 2.60 bits per heavy atom. The van der Waals surface area contributed by atoms with Gasteiger partial charge in [-0.3, -0.25) is 4.99 Å². The highest BCUT2D eigenvalue weighted by Crippen LogP contribution is 2.18. The number of ether oxygens (including phenoxy) is 1. The van der Waals surface area contributed by atoms with Gasteiger partial charge in [-0.05, 0) is 69.4 Å². The minimum Gasteiger partial charge on any atom is -0.496 e. The summed E-state index contributed by atoms with van der Waals surface area (Å²) in [5.74, 6) is 1.84. The minimum absolute atomic E-state index is 0. The number of rotatable bonds is 8. The third kappa shape index (κ3) is 7.81. The van der Waals surface area contributed by atoms with E-state index in [1.165, 1.54) is 43.6 Å². The smallest absolute Gasteiger partial charge is 0.190 e. The third-order valence-corrected chi connectivity index (χ3v) is 4.54. The molecule has 0 spiro atoms. The quantitative estimate of drug-likeness (QED) is 0.271. The molecule has 1 aromatic rings. The molecule has 1 fully saturated rings. The molecule has 0 unspecified atom stereocenters. The Kier molecular flexibility index (Phi) is 10.9. The second-order valence-corrected chi connectivity index (χ2v) is 6.38. The van der Waals surface area contributed by atoms with E-state index in [0.717, 1.165) is 37.6 Å². The van der Waals surface area contributed by atoms with Crippen LogP contribution in [0.25, 0.3) is 0 Å². The van der Waals surface area contributed by atoms with Crippen LogP contribution in [0.1, 0.15) is 30.4 Å². The zero-order chi connectivity index (χ0) is 17.2. The van der Waals surface area contributed by atoms with Gasteiger partial charge in [-0.2, -0.15) is 0 Å². The Hall–Kier alpha value is -1.02. The van der Waals surface area contributed by atoms with Gasteiger partial charge in [-0.1, -0.05) is 12.1 Å². The first-order chi connectivity index (χ1) is 11.7. The first-order valence-electron chi connectivity index (χ1n) is 9.03. The van der Waals surface area contributed by atoms with Crippen LogP contribution in [-0.2, 0) is 6.42 Å². The second-order valence-electron chi connectivity index (χ2n) is 6.38. The predicted molar refractivity (Wildman–Crippen MR) is 117 cm³/mol. The normalized spacial score (nSPS) is 14.9. The van der Waals surface area contributed by atoms with Gasteiger partial charge in [0, 0.05) is 20.1 Å². The maximum Gasteiger partial charge on any atom is 0.190 e. The Morgan fingerprint density at radius 2 is 1.92 bits per heavy atom. The summed E-state index contributed by atoms with van der Waals surface area (Å²) in [6, 6.07) is 6.38. The van der Waals surface area contributed by atoms with E-state index in [0.29, 0.717) is 0 Å². The van der Waals surface area contributed by atoms with Crippen LogP contribution in [0, 0.1) is 6.92 Å². The number of methoxy groups -OCH3 is 1. The number of benzene rings is 1. The van der Waals surface area contributed by atoms with Gasteiger partial charge in [0.2, 0.25) is 0 Å². The van der Waals surface area contributed by atoms with Crippen molar-refractivity contribution in [2.24, 2.45) is 4.99 Å². The summed E-state index contributed by atoms with van der Waals surface area (Å²) in [7, 11) is 3.54. The average Bonchev–Trinajstić information content (AvgIpc) is 3.11. The summed E-state index contributed by atoms with van der Waals surface area (Å²) in [4.78, 5) is 6.84. The highest BCUT2D eigenvalue weighted by Gasteiger charge is 2.10. The van der Waals surface area contributed by atoms with Crippen molar-refractivity contribution >= 4 is 29.9 Å². The van der Waals surface area contributed by atoms with Crippen molar-refractivity contribution in [2.75, 3.05) is 46.9 Å². The predicted octanol–water partition coefficient (Wildman–Crippen LogP) is 2.82. The molecule has 0 radical (unpaired) electrons. The Morgan fingerprint density at radius 1 is 1.20 bits per heavy atom. The summed E-state index contributed by atoms with van der Waals surface area (Å²) in [6.07, 6.45) is 4.84. The molecule has 142 valence electrons. The first kappa shape index (κ1) is 22.0. The van der Waals surface area contributed by atoms with E-state index in [1.54, 1.807) is 7.11 Å². The number of halogens is 1. The molecular weight excluding hydrogens is 427 g/mol. The topological polar surface area (TPSA) is 48.9 Å². The van der Waals surface area contributed by atoms with Crippen LogP contribution in [0.15, 0.2) is 23.2 Å². The van der Waals surface area contributed by atoms with Crippen molar-refractivity contribution in [1.29, 1.82) is 0 Å². The van der Waals surface area contributed by atoms with E-state index in [-0.39, 0.29) is 24.0 Å². The third-order valence-electron chi connectivity index (χ3n) is 4.54. The van der Waals surface area contributed by atoms with E-state index >= 15 is 0 Å². The molecule has 0 atom stereocenters. The zero-order valence-electron chi connectivity index (χ0n) is 15.8. The molecule has 1 aromatic carbocycles. The Bertz CT molecular complexity index is 530. The van der Waals surface area contributed by atoms with Gasteiger partial charge in [-0.15, -0.1) is 24.0 Å². The highest BCUT2D eigenvalue weighted by atomic mass is 127. The number of aliphatic imine (C=N–C) groups is 1. The number of aryl methyl sites for hydroxylation is 1. The molecule has 1 saturated heterocycles. The number of nitrogens with zero attached hydrogens (tertiary/aromatic N) is 2. The van der Waals surface area contributed by atoms with E-state index in [9.17, 15) is 0 Å². The van der Waals surface area contributed by atoms with Gasteiger partial charge in [0.15, 0.2) is 5.96 Å². The van der Waals surface area contributed by atoms with Gasteiger partial charge < -0.3 is 20.3 Å². The summed E-state index contributed by atoms with van der Waals surface area (Å²) < 4.78 is 5.38. The second kappa shape index (κ2) is 12.4. The van der Waals surface area contributed by atoms with Crippen LogP contribution in [0.5, 0.6) is 5.75 Å². The SMILES string of the molecule is CN=C(NCCCN1CCCC1)NCCc1ccc(C)c(OC)c1.I. The highest BCUT2D eigenvalue weighted by molar-refractivity contribution is 14.0. The molecule has 0 aromatic heterocycles. The van der Waals surface area contributed by atoms with Crippen LogP contribution in [0.4, 0.5) is 0 Å². The maximum atomic E-state index is 5.38. The standard InChI is InChI=1S/C19H32N4O.HI/c1-16-7-8-17(15-18(16)24-3)9-11-22-19(20-2)21-10-6-14-23-12-4-5-13-23;/h7-8,15H,4-6,9-14H2,1-3H3,(H2,20,21,22);1H. The lowest BCUT2D eigenvalue weighted by Gasteiger charge is -2.16. The molecule has 0 amide bonds. The Balaban J connectivity index is 0.00000312. The molecule has 1 aliphatic heterocycles. The lowest BCUT2D eigenvalue weighted by atomic mass is 10.1. The fourth-order valence-electron chi connectivity index (χ4n) is 3.08. The summed E-state index contributed by atoms with van der Waals surface area (Å²) in [5, 5.41) is 6.78. The fourth-order valence-corrected chi connectivity index (χ4v) is 3.08. The summed E-state index contributed by atoms with van der Waals surface area (Å²) in [5.41, 5.74) is 2.44. The van der Waals surface area contributed by atoms with Crippen LogP contribution in [0.2, 0.25) is 0 Å². The molecule has 2 N–H and O–H groups in total. The summed E-state index contributed by atoms with van der Waals surface area (Å²) in [6.45, 7) is 7.62. The molecular formula is C19H33IN4O. The molecule has 0 aliphatic carbocycles. The van der Waals surface area contributed by atoms with Crippen molar-refractivity contribution in [3.05, 3.63) is 29.3 Å². The largest absolute Gasteiger partial charge is 0.496 e. The molecule has 0 saturated carbocycles. The van der Waals surface area contributed by atoms with E-state index in [1.807, 2.05) is 7.05 Å². The molecule has 25 heavy (non-hydrogen) atoms. The summed E-state index contributed by atoms with van der Waals surface area (Å²) >= 11 is 0. The number of hydrogen-bond acceptors (Lipinski definition) is 3. The van der Waals surface area contributed by atoms with E-state index in [2.05, 4.69) is 45.6 Å². The van der Waals surface area contributed by atoms with E-state index < -0.39 is 0 Å². The van der Waals surface area contributed by atoms with Crippen LogP contribution < -0.4 is 15.4 Å². The molecule has 1 heterocycles. The molecule has 5 nitrogen and oxygen atoms in total. The van der Waals surface area contributed by atoms with Crippen molar-refractivity contribution in [3.8, 4) is 5.75 Å². The lowest BCUT2D eigenvalue weighted by molar-refractivity contribution is 0.334. The Labute approximate surface area is 169 Å². The molecule has 6 heteroatoms. The van der Waals surface area contributed by atoms with Crippen molar-refractivity contribution < 1.29 is 4.74 Å². The van der Waals surface area contributed by atoms with Gasteiger partial charge >= 0.3 is 0 Å². The first-order valence-corrected chi connectivity index (χ1v) is 9.03. The number of nitrogens with one attached hydrogen (secondary N) is 2. The average molecular weight is 460 g/mol.